The molecule has 1 aromatic rings. The van der Waals surface area contributed by atoms with Gasteiger partial charge in [0, 0.05) is 34.7 Å². The maximum absolute atomic E-state index is 12.3. The Morgan fingerprint density at radius 2 is 2.25 bits per heavy atom. The maximum atomic E-state index is 12.3. The third kappa shape index (κ3) is 3.97. The third-order valence-electron chi connectivity index (χ3n) is 2.86. The molecule has 0 radical (unpaired) electrons. The fourth-order valence-electron chi connectivity index (χ4n) is 1.84. The van der Waals surface area contributed by atoms with Crippen LogP contribution in [0.1, 0.15) is 0 Å². The Bertz CT molecular complexity index is 557. The smallest absolute Gasteiger partial charge is 0.244 e. The van der Waals surface area contributed by atoms with Crippen molar-refractivity contribution >= 4 is 39.2 Å². The van der Waals surface area contributed by atoms with Gasteiger partial charge in [-0.05, 0) is 18.2 Å². The van der Waals surface area contributed by atoms with Crippen molar-refractivity contribution in [3.8, 4) is 5.75 Å². The van der Waals surface area contributed by atoms with Gasteiger partial charge in [0.05, 0.1) is 7.11 Å². The topological polar surface area (TPSA) is 81.4 Å². The van der Waals surface area contributed by atoms with Gasteiger partial charge in [-0.1, -0.05) is 0 Å². The number of nitrogens with two attached hydrogens (primary N) is 1. The fraction of sp³-hybridized carbons (Fsp3) is 0.500. The average Bonchev–Trinajstić information content (AvgIpc) is 2.46. The summed E-state index contributed by atoms with van der Waals surface area (Å²) in [7, 11) is -2.16. The van der Waals surface area contributed by atoms with Crippen molar-refractivity contribution in [2.45, 2.75) is 10.1 Å². The molecule has 1 aromatic carbocycles. The van der Waals surface area contributed by atoms with Crippen LogP contribution in [0.3, 0.4) is 0 Å². The second-order valence-electron chi connectivity index (χ2n) is 4.33. The molecule has 5 nitrogen and oxygen atoms in total. The van der Waals surface area contributed by atoms with E-state index in [4.69, 9.17) is 10.5 Å². The highest BCUT2D eigenvalue weighted by molar-refractivity contribution is 8.06. The van der Waals surface area contributed by atoms with Crippen LogP contribution in [0.15, 0.2) is 23.1 Å². The number of methoxy groups -OCH3 is 1. The normalized spacial score (nSPS) is 19.8. The highest BCUT2D eigenvalue weighted by Crippen LogP contribution is 2.27. The van der Waals surface area contributed by atoms with E-state index >= 15 is 0 Å². The molecule has 112 valence electrons. The van der Waals surface area contributed by atoms with Crippen molar-refractivity contribution < 1.29 is 13.2 Å². The number of sulfonamides is 1. The first-order valence-electron chi connectivity index (χ1n) is 6.15. The fourth-order valence-corrected chi connectivity index (χ4v) is 5.84. The number of anilines is 1. The van der Waals surface area contributed by atoms with Gasteiger partial charge in [0.15, 0.2) is 0 Å². The minimum Gasteiger partial charge on any atom is -0.495 e. The van der Waals surface area contributed by atoms with Crippen LogP contribution in [-0.2, 0) is 10.0 Å². The number of benzene rings is 1. The summed E-state index contributed by atoms with van der Waals surface area (Å²) in [5, 5.41) is 0.315. The van der Waals surface area contributed by atoms with Crippen molar-refractivity contribution in [1.82, 2.24) is 4.72 Å². The Balaban J connectivity index is 2.11. The summed E-state index contributed by atoms with van der Waals surface area (Å²) in [4.78, 5) is 0.0912. The van der Waals surface area contributed by atoms with E-state index < -0.39 is 10.0 Å². The summed E-state index contributed by atoms with van der Waals surface area (Å²) in [6.07, 6.45) is 0. The predicted octanol–water partition coefficient (Wildman–Crippen LogP) is 1.40. The first-order valence-corrected chi connectivity index (χ1v) is 9.84. The Kier molecular flexibility index (Phi) is 5.48. The zero-order valence-corrected chi connectivity index (χ0v) is 13.6. The molecule has 8 heteroatoms. The Morgan fingerprint density at radius 1 is 1.45 bits per heavy atom. The molecule has 0 aliphatic carbocycles. The first kappa shape index (κ1) is 15.8. The van der Waals surface area contributed by atoms with Crippen molar-refractivity contribution in [2.75, 3.05) is 36.6 Å². The van der Waals surface area contributed by atoms with Gasteiger partial charge in [-0.25, -0.2) is 13.1 Å². The van der Waals surface area contributed by atoms with E-state index in [0.717, 1.165) is 17.3 Å². The van der Waals surface area contributed by atoms with E-state index in [9.17, 15) is 8.42 Å². The molecule has 1 saturated heterocycles. The average molecular weight is 334 g/mol. The van der Waals surface area contributed by atoms with Crippen LogP contribution in [0.4, 0.5) is 5.69 Å². The first-order chi connectivity index (χ1) is 9.53. The van der Waals surface area contributed by atoms with Crippen molar-refractivity contribution in [2.24, 2.45) is 0 Å². The van der Waals surface area contributed by atoms with E-state index in [-0.39, 0.29) is 4.90 Å². The van der Waals surface area contributed by atoms with Crippen LogP contribution in [0.2, 0.25) is 0 Å². The number of hydrogen-bond acceptors (Lipinski definition) is 6. The van der Waals surface area contributed by atoms with E-state index in [0.29, 0.717) is 23.2 Å². The summed E-state index contributed by atoms with van der Waals surface area (Å²) in [6.45, 7) is 0.429. The molecule has 0 amide bonds. The lowest BCUT2D eigenvalue weighted by atomic mass is 10.3. The highest BCUT2D eigenvalue weighted by atomic mass is 32.2. The summed E-state index contributed by atoms with van der Waals surface area (Å²) in [5.41, 5.74) is 6.06. The summed E-state index contributed by atoms with van der Waals surface area (Å²) in [6, 6.07) is 4.60. The molecular weight excluding hydrogens is 316 g/mol. The second kappa shape index (κ2) is 6.93. The molecule has 2 rings (SSSR count). The minimum atomic E-state index is -3.60. The summed E-state index contributed by atoms with van der Waals surface area (Å²) in [5.74, 6) is 3.48. The number of nitrogens with one attached hydrogen (secondary N) is 1. The summed E-state index contributed by atoms with van der Waals surface area (Å²) < 4.78 is 32.4. The van der Waals surface area contributed by atoms with Crippen molar-refractivity contribution in [1.29, 1.82) is 0 Å². The molecule has 0 bridgehead atoms. The molecule has 1 atom stereocenters. The largest absolute Gasteiger partial charge is 0.495 e. The number of rotatable bonds is 5. The number of thioether (sulfide) groups is 2. The van der Waals surface area contributed by atoms with Crippen LogP contribution < -0.4 is 15.2 Å². The lowest BCUT2D eigenvalue weighted by molar-refractivity contribution is 0.402. The van der Waals surface area contributed by atoms with Crippen molar-refractivity contribution in [3.05, 3.63) is 18.2 Å². The number of nitrogen functional groups attached to an aromatic ring is 1. The van der Waals surface area contributed by atoms with Gasteiger partial charge < -0.3 is 10.5 Å². The van der Waals surface area contributed by atoms with Crippen LogP contribution >= 0.6 is 23.5 Å². The van der Waals surface area contributed by atoms with E-state index in [1.54, 1.807) is 12.1 Å². The lowest BCUT2D eigenvalue weighted by Gasteiger charge is -2.21. The maximum Gasteiger partial charge on any atom is 0.244 e. The lowest BCUT2D eigenvalue weighted by Crippen LogP contribution is -2.33. The van der Waals surface area contributed by atoms with Crippen molar-refractivity contribution in [3.63, 3.8) is 0 Å². The van der Waals surface area contributed by atoms with E-state index in [1.165, 1.54) is 13.2 Å². The molecule has 1 fully saturated rings. The molecule has 0 saturated carbocycles. The molecule has 1 heterocycles. The molecule has 0 aromatic heterocycles. The molecule has 1 unspecified atom stereocenters. The van der Waals surface area contributed by atoms with Gasteiger partial charge in [0.1, 0.15) is 10.6 Å². The molecular formula is C12H18N2O3S3. The van der Waals surface area contributed by atoms with Gasteiger partial charge in [0.25, 0.3) is 0 Å². The van der Waals surface area contributed by atoms with Crippen LogP contribution in [0.5, 0.6) is 5.75 Å². The van der Waals surface area contributed by atoms with Gasteiger partial charge in [0.2, 0.25) is 10.0 Å². The number of ether oxygens (including phenoxy) is 1. The predicted molar refractivity (Wildman–Crippen MR) is 86.2 cm³/mol. The molecule has 1 aliphatic heterocycles. The van der Waals surface area contributed by atoms with Crippen LogP contribution in [0, 0.1) is 0 Å². The Hall–Kier alpha value is -0.570. The monoisotopic (exact) mass is 334 g/mol. The Labute approximate surface area is 128 Å². The third-order valence-corrected chi connectivity index (χ3v) is 7.15. The zero-order chi connectivity index (χ0) is 14.6. The minimum absolute atomic E-state index is 0.0912. The molecule has 0 spiro atoms. The SMILES string of the molecule is COc1ccc(N)cc1S(=O)(=O)NCC1CSCCS1. The van der Waals surface area contributed by atoms with Crippen LogP contribution in [-0.4, -0.2) is 44.6 Å². The highest BCUT2D eigenvalue weighted by Gasteiger charge is 2.22. The quantitative estimate of drug-likeness (QED) is 0.792. The zero-order valence-electron chi connectivity index (χ0n) is 11.2. The molecule has 20 heavy (non-hydrogen) atoms. The number of hydrogen-bond donors (Lipinski definition) is 2. The Morgan fingerprint density at radius 3 is 2.90 bits per heavy atom. The van der Waals surface area contributed by atoms with E-state index in [2.05, 4.69) is 4.72 Å². The van der Waals surface area contributed by atoms with E-state index in [1.807, 2.05) is 23.5 Å². The molecule has 3 N–H and O–H groups in total. The van der Waals surface area contributed by atoms with Gasteiger partial charge in [-0.2, -0.15) is 23.5 Å². The van der Waals surface area contributed by atoms with Crippen LogP contribution in [0.25, 0.3) is 0 Å². The van der Waals surface area contributed by atoms with Gasteiger partial charge >= 0.3 is 0 Å². The summed E-state index contributed by atoms with van der Waals surface area (Å²) >= 11 is 3.67. The standard InChI is InChI=1S/C12H18N2O3S3/c1-17-11-3-2-9(13)6-12(11)20(15,16)14-7-10-8-18-4-5-19-10/h2-3,6,10,14H,4-5,7-8,13H2,1H3. The van der Waals surface area contributed by atoms with Gasteiger partial charge in [-0.15, -0.1) is 0 Å². The second-order valence-corrected chi connectivity index (χ2v) is 8.62. The van der Waals surface area contributed by atoms with Gasteiger partial charge in [-0.3, -0.25) is 0 Å². The molecule has 1 aliphatic rings.